The summed E-state index contributed by atoms with van der Waals surface area (Å²) in [6.07, 6.45) is 3.12. The predicted molar refractivity (Wildman–Crippen MR) is 73.2 cm³/mol. The molecule has 0 aliphatic carbocycles. The quantitative estimate of drug-likeness (QED) is 0.553. The molecule has 1 unspecified atom stereocenters. The van der Waals surface area contributed by atoms with E-state index in [0.717, 1.165) is 25.7 Å². The minimum absolute atomic E-state index is 0.218. The van der Waals surface area contributed by atoms with Crippen molar-refractivity contribution in [3.05, 3.63) is 0 Å². The summed E-state index contributed by atoms with van der Waals surface area (Å²) in [7, 11) is 1.40. The second kappa shape index (κ2) is 8.92. The number of hydrogen-bond donors (Lipinski definition) is 1. The van der Waals surface area contributed by atoms with Gasteiger partial charge in [0.1, 0.15) is 4.83 Å². The van der Waals surface area contributed by atoms with Crippen molar-refractivity contribution in [1.29, 1.82) is 0 Å². The zero-order valence-electron chi connectivity index (χ0n) is 11.3. The van der Waals surface area contributed by atoms with Crippen molar-refractivity contribution < 1.29 is 14.6 Å². The highest BCUT2D eigenvalue weighted by molar-refractivity contribution is 9.10. The smallest absolute Gasteiger partial charge is 0.319 e. The van der Waals surface area contributed by atoms with Crippen molar-refractivity contribution in [1.82, 2.24) is 0 Å². The van der Waals surface area contributed by atoms with E-state index in [1.807, 2.05) is 0 Å². The van der Waals surface area contributed by atoms with Crippen LogP contribution in [0.1, 0.15) is 46.5 Å². The lowest BCUT2D eigenvalue weighted by molar-refractivity contribution is -0.140. The molecule has 0 saturated heterocycles. The van der Waals surface area contributed by atoms with Gasteiger partial charge in [0.05, 0.1) is 13.2 Å². The Labute approximate surface area is 113 Å². The molecule has 1 N–H and O–H groups in total. The zero-order chi connectivity index (χ0) is 13.4. The average Bonchev–Trinajstić information content (AvgIpc) is 2.24. The third kappa shape index (κ3) is 8.61. The van der Waals surface area contributed by atoms with Crippen LogP contribution in [0.4, 0.5) is 0 Å². The topological polar surface area (TPSA) is 46.5 Å². The van der Waals surface area contributed by atoms with Crippen LogP contribution in [0, 0.1) is 11.8 Å². The molecule has 0 aromatic rings. The van der Waals surface area contributed by atoms with Crippen molar-refractivity contribution in [2.75, 3.05) is 7.11 Å². The number of ether oxygens (including phenoxy) is 1. The lowest BCUT2D eigenvalue weighted by atomic mass is 9.95. The number of methoxy groups -OCH3 is 1. The van der Waals surface area contributed by atoms with Gasteiger partial charge in [-0.15, -0.1) is 0 Å². The Balaban J connectivity index is 3.79. The van der Waals surface area contributed by atoms with Gasteiger partial charge in [0.25, 0.3) is 0 Å². The fourth-order valence-electron chi connectivity index (χ4n) is 1.83. The highest BCUT2D eigenvalue weighted by Gasteiger charge is 2.19. The highest BCUT2D eigenvalue weighted by atomic mass is 79.9. The number of rotatable bonds is 8. The summed E-state index contributed by atoms with van der Waals surface area (Å²) >= 11 is 3.31. The fourth-order valence-corrected chi connectivity index (χ4v) is 2.66. The summed E-state index contributed by atoms with van der Waals surface area (Å²) in [4.78, 5) is 11.0. The van der Waals surface area contributed by atoms with Crippen LogP contribution in [0.25, 0.3) is 0 Å². The van der Waals surface area contributed by atoms with Gasteiger partial charge in [0, 0.05) is 0 Å². The minimum Gasteiger partial charge on any atom is -0.468 e. The van der Waals surface area contributed by atoms with Gasteiger partial charge in [0.15, 0.2) is 0 Å². The van der Waals surface area contributed by atoms with Crippen molar-refractivity contribution in [2.24, 2.45) is 11.8 Å². The Bertz CT molecular complexity index is 219. The van der Waals surface area contributed by atoms with E-state index in [4.69, 9.17) is 0 Å². The molecule has 0 aliphatic rings. The highest BCUT2D eigenvalue weighted by Crippen LogP contribution is 2.21. The fraction of sp³-hybridized carbons (Fsp3) is 0.923. The maximum Gasteiger partial charge on any atom is 0.319 e. The molecule has 0 radical (unpaired) electrons. The Kier molecular flexibility index (Phi) is 8.88. The monoisotopic (exact) mass is 308 g/mol. The van der Waals surface area contributed by atoms with E-state index >= 15 is 0 Å². The van der Waals surface area contributed by atoms with E-state index < -0.39 is 0 Å². The number of esters is 1. The number of halogens is 1. The van der Waals surface area contributed by atoms with E-state index in [-0.39, 0.29) is 16.9 Å². The molecule has 0 aromatic carbocycles. The number of aliphatic hydroxyl groups excluding tert-OH is 1. The van der Waals surface area contributed by atoms with Gasteiger partial charge in [0.2, 0.25) is 0 Å². The normalized spacial score (nSPS) is 16.6. The number of hydrogen-bond acceptors (Lipinski definition) is 3. The summed E-state index contributed by atoms with van der Waals surface area (Å²) in [6, 6.07) is 0. The molecule has 0 bridgehead atoms. The molecular formula is C13H25BrO3. The first-order valence-electron chi connectivity index (χ1n) is 6.26. The molecule has 0 spiro atoms. The molecule has 3 atom stereocenters. The van der Waals surface area contributed by atoms with Crippen LogP contribution in [0.5, 0.6) is 0 Å². The largest absolute Gasteiger partial charge is 0.468 e. The maximum absolute atomic E-state index is 11.2. The van der Waals surface area contributed by atoms with Gasteiger partial charge in [-0.2, -0.15) is 0 Å². The van der Waals surface area contributed by atoms with Gasteiger partial charge in [-0.25, -0.2) is 0 Å². The average molecular weight is 309 g/mol. The van der Waals surface area contributed by atoms with Gasteiger partial charge < -0.3 is 9.84 Å². The molecule has 4 heteroatoms. The summed E-state index contributed by atoms with van der Waals surface area (Å²) < 4.78 is 4.66. The SMILES string of the molecule is COC(=O)C(Br)C[C@@H](C)CC[C@@H](O)CC(C)C. The Morgan fingerprint density at radius 3 is 2.29 bits per heavy atom. The van der Waals surface area contributed by atoms with Crippen LogP contribution in [-0.2, 0) is 9.53 Å². The summed E-state index contributed by atoms with van der Waals surface area (Å²) in [5.74, 6) is 0.708. The first kappa shape index (κ1) is 16.9. The van der Waals surface area contributed by atoms with Crippen LogP contribution < -0.4 is 0 Å². The van der Waals surface area contributed by atoms with E-state index in [1.165, 1.54) is 7.11 Å². The van der Waals surface area contributed by atoms with Crippen LogP contribution in [0.15, 0.2) is 0 Å². The molecule has 3 nitrogen and oxygen atoms in total. The van der Waals surface area contributed by atoms with Gasteiger partial charge in [-0.05, 0) is 37.5 Å². The van der Waals surface area contributed by atoms with Gasteiger partial charge >= 0.3 is 5.97 Å². The Morgan fingerprint density at radius 1 is 1.24 bits per heavy atom. The van der Waals surface area contributed by atoms with Crippen LogP contribution >= 0.6 is 15.9 Å². The first-order chi connectivity index (χ1) is 7.86. The predicted octanol–water partition coefficient (Wildman–Crippen LogP) is 3.14. The third-order valence-electron chi connectivity index (χ3n) is 2.80. The summed E-state index contributed by atoms with van der Waals surface area (Å²) in [5, 5.41) is 9.75. The molecule has 17 heavy (non-hydrogen) atoms. The van der Waals surface area contributed by atoms with Crippen molar-refractivity contribution in [2.45, 2.75) is 57.4 Å². The summed E-state index contributed by atoms with van der Waals surface area (Å²) in [5.41, 5.74) is 0. The maximum atomic E-state index is 11.2. The molecule has 0 aliphatic heterocycles. The number of carbonyl (C=O) groups excluding carboxylic acids is 1. The number of aliphatic hydroxyl groups is 1. The zero-order valence-corrected chi connectivity index (χ0v) is 12.9. The molecular weight excluding hydrogens is 284 g/mol. The summed E-state index contributed by atoms with van der Waals surface area (Å²) in [6.45, 7) is 6.32. The number of alkyl halides is 1. The third-order valence-corrected chi connectivity index (χ3v) is 3.55. The van der Waals surface area contributed by atoms with E-state index in [0.29, 0.717) is 11.8 Å². The molecule has 102 valence electrons. The standard InChI is InChI=1S/C13H25BrO3/c1-9(2)7-11(15)6-5-10(3)8-12(14)13(16)17-4/h9-12,15H,5-8H2,1-4H3/t10-,11+,12?/m0/s1. The Hall–Kier alpha value is -0.0900. The Morgan fingerprint density at radius 2 is 1.82 bits per heavy atom. The lowest BCUT2D eigenvalue weighted by Crippen LogP contribution is -2.19. The first-order valence-corrected chi connectivity index (χ1v) is 7.18. The van der Waals surface area contributed by atoms with E-state index in [9.17, 15) is 9.90 Å². The molecule has 0 aromatic heterocycles. The molecule has 0 rings (SSSR count). The molecule has 0 heterocycles. The second-order valence-corrected chi connectivity index (χ2v) is 6.30. The van der Waals surface area contributed by atoms with Crippen LogP contribution in [0.2, 0.25) is 0 Å². The minimum atomic E-state index is -0.232. The molecule has 0 saturated carbocycles. The lowest BCUT2D eigenvalue weighted by Gasteiger charge is -2.17. The van der Waals surface area contributed by atoms with E-state index in [2.05, 4.69) is 41.4 Å². The van der Waals surface area contributed by atoms with Gasteiger partial charge in [-0.1, -0.05) is 36.7 Å². The van der Waals surface area contributed by atoms with Crippen LogP contribution in [-0.4, -0.2) is 29.1 Å². The van der Waals surface area contributed by atoms with Crippen molar-refractivity contribution in [3.8, 4) is 0 Å². The van der Waals surface area contributed by atoms with Crippen LogP contribution in [0.3, 0.4) is 0 Å². The van der Waals surface area contributed by atoms with Crippen molar-refractivity contribution in [3.63, 3.8) is 0 Å². The van der Waals surface area contributed by atoms with Gasteiger partial charge in [-0.3, -0.25) is 4.79 Å². The molecule has 0 fully saturated rings. The van der Waals surface area contributed by atoms with E-state index in [1.54, 1.807) is 0 Å². The second-order valence-electron chi connectivity index (χ2n) is 5.19. The molecule has 0 amide bonds. The number of carbonyl (C=O) groups is 1. The van der Waals surface area contributed by atoms with Crippen molar-refractivity contribution >= 4 is 21.9 Å².